The topological polar surface area (TPSA) is 50.4 Å². The molecule has 0 aromatic carbocycles. The zero-order valence-corrected chi connectivity index (χ0v) is 8.84. The van der Waals surface area contributed by atoms with Crippen LogP contribution in [0.1, 0.15) is 39.0 Å². The van der Waals surface area contributed by atoms with Crippen LogP contribution < -0.4 is 10.8 Å². The Balaban J connectivity index is 1.90. The van der Waals surface area contributed by atoms with E-state index in [1.54, 1.807) is 0 Å². The van der Waals surface area contributed by atoms with Crippen molar-refractivity contribution in [2.45, 2.75) is 45.1 Å². The molecular formula is C10H20N2O2. The van der Waals surface area contributed by atoms with Gasteiger partial charge in [-0.05, 0) is 19.8 Å². The summed E-state index contributed by atoms with van der Waals surface area (Å²) < 4.78 is 0. The van der Waals surface area contributed by atoms with Gasteiger partial charge in [-0.1, -0.05) is 12.8 Å². The summed E-state index contributed by atoms with van der Waals surface area (Å²) in [7, 11) is 0. The highest BCUT2D eigenvalue weighted by Crippen LogP contribution is 2.19. The summed E-state index contributed by atoms with van der Waals surface area (Å²) in [5.41, 5.74) is 2.86. The fourth-order valence-corrected chi connectivity index (χ4v) is 1.63. The molecule has 0 heterocycles. The maximum absolute atomic E-state index is 11.0. The van der Waals surface area contributed by atoms with Crippen molar-refractivity contribution < 1.29 is 9.63 Å². The molecule has 1 aliphatic carbocycles. The van der Waals surface area contributed by atoms with Crippen molar-refractivity contribution in [1.82, 2.24) is 10.8 Å². The van der Waals surface area contributed by atoms with Crippen molar-refractivity contribution in [3.8, 4) is 0 Å². The number of hydrogen-bond acceptors (Lipinski definition) is 3. The Morgan fingerprint density at radius 1 is 1.43 bits per heavy atom. The van der Waals surface area contributed by atoms with E-state index in [1.807, 2.05) is 6.92 Å². The second-order valence-corrected chi connectivity index (χ2v) is 3.62. The molecule has 1 aliphatic rings. The molecule has 1 rings (SSSR count). The molecule has 0 saturated heterocycles. The third-order valence-electron chi connectivity index (χ3n) is 2.38. The molecule has 2 N–H and O–H groups in total. The fraction of sp³-hybridized carbons (Fsp3) is 0.900. The zero-order valence-electron chi connectivity index (χ0n) is 8.84. The van der Waals surface area contributed by atoms with Gasteiger partial charge in [0.05, 0.1) is 6.10 Å². The molecule has 0 radical (unpaired) electrons. The summed E-state index contributed by atoms with van der Waals surface area (Å²) in [6.45, 7) is 3.21. The van der Waals surface area contributed by atoms with Gasteiger partial charge < -0.3 is 5.32 Å². The number of hydroxylamine groups is 1. The minimum Gasteiger partial charge on any atom is -0.356 e. The van der Waals surface area contributed by atoms with Crippen molar-refractivity contribution in [2.75, 3.05) is 13.1 Å². The van der Waals surface area contributed by atoms with E-state index in [1.165, 1.54) is 12.8 Å². The molecule has 1 saturated carbocycles. The molecule has 1 amide bonds. The molecule has 4 nitrogen and oxygen atoms in total. The Hall–Kier alpha value is -0.610. The predicted octanol–water partition coefficient (Wildman–Crippen LogP) is 0.976. The van der Waals surface area contributed by atoms with Gasteiger partial charge in [0.15, 0.2) is 0 Å². The Bertz CT molecular complexity index is 168. The molecule has 0 spiro atoms. The summed E-state index contributed by atoms with van der Waals surface area (Å²) in [5.74, 6) is 0.0787. The maximum atomic E-state index is 11.0. The largest absolute Gasteiger partial charge is 0.356 e. The normalized spacial score (nSPS) is 17.2. The molecule has 0 aliphatic heterocycles. The van der Waals surface area contributed by atoms with E-state index in [9.17, 15) is 4.79 Å². The molecule has 0 unspecified atom stereocenters. The van der Waals surface area contributed by atoms with E-state index in [2.05, 4.69) is 10.8 Å². The number of rotatable bonds is 6. The lowest BCUT2D eigenvalue weighted by molar-refractivity contribution is -0.121. The highest BCUT2D eigenvalue weighted by atomic mass is 16.7. The van der Waals surface area contributed by atoms with Crippen molar-refractivity contribution in [2.24, 2.45) is 0 Å². The molecule has 14 heavy (non-hydrogen) atoms. The van der Waals surface area contributed by atoms with Gasteiger partial charge in [-0.2, -0.15) is 0 Å². The summed E-state index contributed by atoms with van der Waals surface area (Å²) in [4.78, 5) is 16.4. The van der Waals surface area contributed by atoms with Gasteiger partial charge in [-0.15, -0.1) is 0 Å². The van der Waals surface area contributed by atoms with Crippen LogP contribution in [0.15, 0.2) is 0 Å². The smallest absolute Gasteiger partial charge is 0.221 e. The van der Waals surface area contributed by atoms with Gasteiger partial charge in [0.25, 0.3) is 0 Å². The van der Waals surface area contributed by atoms with Crippen LogP contribution in [0.25, 0.3) is 0 Å². The first-order chi connectivity index (χ1) is 6.83. The summed E-state index contributed by atoms with van der Waals surface area (Å²) >= 11 is 0. The van der Waals surface area contributed by atoms with Crippen LogP contribution in [0.4, 0.5) is 0 Å². The van der Waals surface area contributed by atoms with Crippen molar-refractivity contribution >= 4 is 5.91 Å². The first-order valence-electron chi connectivity index (χ1n) is 5.48. The van der Waals surface area contributed by atoms with Gasteiger partial charge in [0, 0.05) is 19.5 Å². The number of amides is 1. The van der Waals surface area contributed by atoms with Gasteiger partial charge in [0.2, 0.25) is 5.91 Å². The minimum atomic E-state index is 0.0787. The molecule has 0 aromatic heterocycles. The highest BCUT2D eigenvalue weighted by Gasteiger charge is 2.15. The lowest BCUT2D eigenvalue weighted by atomic mass is 10.3. The molecule has 0 bridgehead atoms. The Labute approximate surface area is 85.3 Å². The van der Waals surface area contributed by atoms with Crippen molar-refractivity contribution in [3.05, 3.63) is 0 Å². The van der Waals surface area contributed by atoms with Crippen LogP contribution in [0.3, 0.4) is 0 Å². The van der Waals surface area contributed by atoms with E-state index in [0.29, 0.717) is 25.6 Å². The number of nitrogens with one attached hydrogen (secondary N) is 2. The van der Waals surface area contributed by atoms with Crippen LogP contribution >= 0.6 is 0 Å². The van der Waals surface area contributed by atoms with Crippen molar-refractivity contribution in [3.63, 3.8) is 0 Å². The van der Waals surface area contributed by atoms with E-state index in [0.717, 1.165) is 12.8 Å². The monoisotopic (exact) mass is 200 g/mol. The van der Waals surface area contributed by atoms with E-state index in [-0.39, 0.29) is 5.91 Å². The second-order valence-electron chi connectivity index (χ2n) is 3.62. The maximum Gasteiger partial charge on any atom is 0.221 e. The lowest BCUT2D eigenvalue weighted by Gasteiger charge is -2.11. The second kappa shape index (κ2) is 6.79. The molecule has 4 heteroatoms. The Morgan fingerprint density at radius 2 is 2.14 bits per heavy atom. The lowest BCUT2D eigenvalue weighted by Crippen LogP contribution is -2.29. The molecular weight excluding hydrogens is 180 g/mol. The fourth-order valence-electron chi connectivity index (χ4n) is 1.63. The van der Waals surface area contributed by atoms with Gasteiger partial charge in [-0.3, -0.25) is 9.63 Å². The average Bonchev–Trinajstić information content (AvgIpc) is 2.65. The van der Waals surface area contributed by atoms with Crippen molar-refractivity contribution in [1.29, 1.82) is 0 Å². The first kappa shape index (κ1) is 11.5. The van der Waals surface area contributed by atoms with Gasteiger partial charge in [0.1, 0.15) is 0 Å². The van der Waals surface area contributed by atoms with Crippen LogP contribution in [-0.2, 0) is 9.63 Å². The molecule has 82 valence electrons. The zero-order chi connectivity index (χ0) is 10.2. The number of hydrogen-bond donors (Lipinski definition) is 2. The van der Waals surface area contributed by atoms with Crippen LogP contribution in [0.2, 0.25) is 0 Å². The Morgan fingerprint density at radius 3 is 2.79 bits per heavy atom. The van der Waals surface area contributed by atoms with E-state index < -0.39 is 0 Å². The first-order valence-corrected chi connectivity index (χ1v) is 5.48. The van der Waals surface area contributed by atoms with Gasteiger partial charge >= 0.3 is 0 Å². The molecule has 0 atom stereocenters. The molecule has 0 aromatic rings. The van der Waals surface area contributed by atoms with Crippen LogP contribution in [0, 0.1) is 0 Å². The third-order valence-corrected chi connectivity index (χ3v) is 2.38. The van der Waals surface area contributed by atoms with E-state index in [4.69, 9.17) is 4.84 Å². The number of carbonyl (C=O) groups excluding carboxylic acids is 1. The predicted molar refractivity (Wildman–Crippen MR) is 54.6 cm³/mol. The van der Waals surface area contributed by atoms with Crippen LogP contribution in [0.5, 0.6) is 0 Å². The minimum absolute atomic E-state index is 0.0787. The summed E-state index contributed by atoms with van der Waals surface area (Å²) in [5, 5.41) is 2.74. The summed E-state index contributed by atoms with van der Waals surface area (Å²) in [6, 6.07) is 0. The standard InChI is InChI=1S/C10H20N2O2/c1-2-11-10(13)7-8-12-14-9-5-3-4-6-9/h9,12H,2-8H2,1H3,(H,11,13). The quantitative estimate of drug-likeness (QED) is 0.496. The highest BCUT2D eigenvalue weighted by molar-refractivity contribution is 5.75. The Kier molecular flexibility index (Phi) is 5.56. The molecule has 1 fully saturated rings. The average molecular weight is 200 g/mol. The summed E-state index contributed by atoms with van der Waals surface area (Å²) in [6.07, 6.45) is 5.68. The number of carbonyl (C=O) groups is 1. The van der Waals surface area contributed by atoms with Crippen LogP contribution in [-0.4, -0.2) is 25.1 Å². The van der Waals surface area contributed by atoms with E-state index >= 15 is 0 Å². The SMILES string of the molecule is CCNC(=O)CCNOC1CCCC1. The van der Waals surface area contributed by atoms with Gasteiger partial charge in [-0.25, -0.2) is 5.48 Å². The third kappa shape index (κ3) is 4.58.